The Morgan fingerprint density at radius 1 is 0.236 bits per heavy atom. The molecule has 2 heterocycles. The van der Waals surface area contributed by atoms with E-state index in [2.05, 4.69) is 424 Å². The fraction of sp³-hybridized carbons (Fsp3) is 0.126. The van der Waals surface area contributed by atoms with Crippen LogP contribution in [0.1, 0.15) is 101 Å². The number of rotatable bonds is 11. The maximum atomic E-state index is 2.75. The van der Waals surface area contributed by atoms with Gasteiger partial charge in [-0.3, -0.25) is 0 Å². The summed E-state index contributed by atoms with van der Waals surface area (Å²) in [6.07, 6.45) is 0. The van der Waals surface area contributed by atoms with Gasteiger partial charge in [-0.15, -0.1) is 0 Å². The van der Waals surface area contributed by atoms with E-state index in [1.807, 2.05) is 0 Å². The first-order chi connectivity index (χ1) is 51.5. The molecular formula is C103H85BN2. The molecule has 2 nitrogen and oxygen atoms in total. The summed E-state index contributed by atoms with van der Waals surface area (Å²) < 4.78 is 0. The van der Waals surface area contributed by atoms with Crippen molar-refractivity contribution in [1.29, 1.82) is 0 Å². The molecule has 0 amide bonds. The Bertz CT molecular complexity index is 5680. The molecule has 0 saturated carbocycles. The third-order valence-electron chi connectivity index (χ3n) is 22.8. The minimum absolute atomic E-state index is 0.0991. The number of para-hydroxylation sites is 1. The van der Waals surface area contributed by atoms with Crippen LogP contribution in [0.2, 0.25) is 0 Å². The molecule has 0 saturated heterocycles. The van der Waals surface area contributed by atoms with Crippen molar-refractivity contribution in [1.82, 2.24) is 0 Å². The van der Waals surface area contributed by atoms with Gasteiger partial charge in [-0.05, 0) is 175 Å². The Balaban J connectivity index is 1.02. The molecule has 0 aromatic heterocycles. The molecular weight excluding hydrogens is 1280 g/mol. The lowest BCUT2D eigenvalue weighted by Gasteiger charge is -2.46. The lowest BCUT2D eigenvalue weighted by molar-refractivity contribution is 0.569. The Morgan fingerprint density at radius 2 is 0.623 bits per heavy atom. The number of hydrogen-bond acceptors (Lipinski definition) is 2. The standard InChI is InChI=1S/C103H85BN2/c1-100(2,3)79-59-75(60-80(65-79)101(4,5)6)73-56-58-92-91(63-73)104-90-57-55-74(82-50-33-53-86-85-49-31-32-54-89(85)103(96(82)86,77-45-27-15-28-46-77)78-47-29-16-30-48-78)64-93(90)106(99-87(71-41-23-13-24-42-71)61-76(68-35-17-10-18-36-68)62-88(99)72-43-25-14-26-44-72)95-67-81(102(7,8)9)66-94(97(95)104)105(92)98-83(69-37-19-11-20-38-69)51-34-52-84(98)70-39-21-12-22-40-70/h10-67H,1-9H3. The molecule has 3 aliphatic rings. The van der Waals surface area contributed by atoms with Crippen LogP contribution in [0.15, 0.2) is 352 Å². The summed E-state index contributed by atoms with van der Waals surface area (Å²) in [5.41, 5.74) is 37.1. The van der Waals surface area contributed by atoms with Crippen LogP contribution in [0.5, 0.6) is 0 Å². The van der Waals surface area contributed by atoms with E-state index in [1.165, 1.54) is 83.1 Å². The average Bonchev–Trinajstić information content (AvgIpc) is 1.67. The van der Waals surface area contributed by atoms with Crippen molar-refractivity contribution in [3.8, 4) is 89.0 Å². The van der Waals surface area contributed by atoms with E-state index < -0.39 is 5.41 Å². The highest BCUT2D eigenvalue weighted by atomic mass is 15.2. The van der Waals surface area contributed by atoms with Crippen LogP contribution in [0, 0.1) is 0 Å². The monoisotopic (exact) mass is 1360 g/mol. The lowest BCUT2D eigenvalue weighted by atomic mass is 9.33. The second-order valence-corrected chi connectivity index (χ2v) is 32.3. The van der Waals surface area contributed by atoms with Crippen LogP contribution in [0.25, 0.3) is 89.0 Å². The Hall–Kier alpha value is -12.0. The summed E-state index contributed by atoms with van der Waals surface area (Å²) in [6.45, 7) is 21.1. The van der Waals surface area contributed by atoms with Crippen LogP contribution >= 0.6 is 0 Å². The quantitative estimate of drug-likeness (QED) is 0.119. The van der Waals surface area contributed by atoms with E-state index in [-0.39, 0.29) is 23.0 Å². The van der Waals surface area contributed by atoms with Crippen molar-refractivity contribution in [2.75, 3.05) is 9.80 Å². The van der Waals surface area contributed by atoms with Crippen LogP contribution in [-0.2, 0) is 21.7 Å². The van der Waals surface area contributed by atoms with Crippen molar-refractivity contribution >= 4 is 57.2 Å². The highest BCUT2D eigenvalue weighted by Gasteiger charge is 2.50. The maximum Gasteiger partial charge on any atom is 0.252 e. The third-order valence-corrected chi connectivity index (χ3v) is 22.8. The largest absolute Gasteiger partial charge is 0.310 e. The summed E-state index contributed by atoms with van der Waals surface area (Å²) >= 11 is 0. The summed E-state index contributed by atoms with van der Waals surface area (Å²) in [6, 6.07) is 134. The van der Waals surface area contributed by atoms with Gasteiger partial charge >= 0.3 is 0 Å². The summed E-state index contributed by atoms with van der Waals surface area (Å²) in [4.78, 5) is 5.45. The van der Waals surface area contributed by atoms with Gasteiger partial charge in [-0.25, -0.2) is 0 Å². The Morgan fingerprint density at radius 3 is 1.12 bits per heavy atom. The highest BCUT2D eigenvalue weighted by molar-refractivity contribution is 7.00. The third kappa shape index (κ3) is 11.0. The van der Waals surface area contributed by atoms with Gasteiger partial charge in [0.1, 0.15) is 0 Å². The second kappa shape index (κ2) is 25.7. The van der Waals surface area contributed by atoms with Gasteiger partial charge in [-0.1, -0.05) is 378 Å². The molecule has 0 radical (unpaired) electrons. The number of nitrogens with zero attached hydrogens (tertiary/aromatic N) is 2. The van der Waals surface area contributed by atoms with E-state index in [9.17, 15) is 0 Å². The first-order valence-corrected chi connectivity index (χ1v) is 37.7. The topological polar surface area (TPSA) is 6.48 Å². The number of benzene rings is 15. The molecule has 0 fully saturated rings. The molecule has 0 atom stereocenters. The molecule has 0 N–H and O–H groups in total. The second-order valence-electron chi connectivity index (χ2n) is 32.3. The van der Waals surface area contributed by atoms with Crippen LogP contribution < -0.4 is 26.2 Å². The van der Waals surface area contributed by atoms with Gasteiger partial charge in [0, 0.05) is 45.0 Å². The zero-order valence-electron chi connectivity index (χ0n) is 62.0. The van der Waals surface area contributed by atoms with Gasteiger partial charge in [0.25, 0.3) is 6.71 Å². The predicted molar refractivity (Wildman–Crippen MR) is 452 cm³/mol. The first kappa shape index (κ1) is 66.0. The molecule has 106 heavy (non-hydrogen) atoms. The van der Waals surface area contributed by atoms with Gasteiger partial charge in [0.05, 0.1) is 16.8 Å². The van der Waals surface area contributed by atoms with Crippen molar-refractivity contribution in [3.63, 3.8) is 0 Å². The maximum absolute atomic E-state index is 2.75. The van der Waals surface area contributed by atoms with Gasteiger partial charge in [0.15, 0.2) is 0 Å². The number of fused-ring (bicyclic) bond motifs is 7. The molecule has 1 aliphatic carbocycles. The highest BCUT2D eigenvalue weighted by Crippen LogP contribution is 2.60. The zero-order valence-corrected chi connectivity index (χ0v) is 62.0. The average molecular weight is 1360 g/mol. The molecule has 15 aromatic rings. The van der Waals surface area contributed by atoms with Crippen LogP contribution in [0.4, 0.5) is 34.1 Å². The molecule has 0 unspecified atom stereocenters. The fourth-order valence-electron chi connectivity index (χ4n) is 17.5. The van der Waals surface area contributed by atoms with E-state index in [0.717, 1.165) is 95.3 Å². The van der Waals surface area contributed by atoms with E-state index in [0.29, 0.717) is 0 Å². The Labute approximate surface area is 626 Å². The first-order valence-electron chi connectivity index (χ1n) is 37.7. The Kier molecular flexibility index (Phi) is 16.0. The molecule has 2 aliphatic heterocycles. The van der Waals surface area contributed by atoms with E-state index in [4.69, 9.17) is 0 Å². The van der Waals surface area contributed by atoms with E-state index in [1.54, 1.807) is 0 Å². The minimum atomic E-state index is -0.661. The normalized spacial score (nSPS) is 13.3. The lowest BCUT2D eigenvalue weighted by Crippen LogP contribution is -2.61. The molecule has 0 spiro atoms. The number of anilines is 6. The van der Waals surface area contributed by atoms with Crippen LogP contribution in [0.3, 0.4) is 0 Å². The summed E-state index contributed by atoms with van der Waals surface area (Å²) in [5, 5.41) is 0. The van der Waals surface area contributed by atoms with Crippen LogP contribution in [-0.4, -0.2) is 6.71 Å². The smallest absolute Gasteiger partial charge is 0.252 e. The molecule has 3 heteroatoms. The summed E-state index contributed by atoms with van der Waals surface area (Å²) in [5.74, 6) is 0. The van der Waals surface area contributed by atoms with Crippen molar-refractivity contribution in [2.24, 2.45) is 0 Å². The fourth-order valence-corrected chi connectivity index (χ4v) is 17.5. The zero-order chi connectivity index (χ0) is 72.2. The predicted octanol–water partition coefficient (Wildman–Crippen LogP) is 25.7. The summed E-state index contributed by atoms with van der Waals surface area (Å²) in [7, 11) is 0. The van der Waals surface area contributed by atoms with E-state index >= 15 is 0 Å². The van der Waals surface area contributed by atoms with Gasteiger partial charge in [0.2, 0.25) is 0 Å². The molecule has 0 bridgehead atoms. The van der Waals surface area contributed by atoms with Crippen molar-refractivity contribution < 1.29 is 0 Å². The minimum Gasteiger partial charge on any atom is -0.310 e. The van der Waals surface area contributed by atoms with Crippen molar-refractivity contribution in [3.05, 3.63) is 391 Å². The number of hydrogen-bond donors (Lipinski definition) is 0. The molecule has 18 rings (SSSR count). The SMILES string of the molecule is CC(C)(C)c1cc(-c2ccc3c(c2)B2c4ccc(-c5cccc6c5C(c5ccccc5)(c5ccccc5)c5ccccc5-6)cc4N(c4c(-c5ccccc5)cc(-c5ccccc5)cc4-c4ccccc4)c4cc(C(C)(C)C)cc(c42)N3c2c(-c3ccccc3)cccc2-c2ccccc2)cc(C(C)(C)C)c1. The van der Waals surface area contributed by atoms with Gasteiger partial charge in [-0.2, -0.15) is 0 Å². The van der Waals surface area contributed by atoms with Crippen molar-refractivity contribution in [2.45, 2.75) is 84.0 Å². The molecule has 15 aromatic carbocycles. The van der Waals surface area contributed by atoms with Gasteiger partial charge < -0.3 is 9.80 Å². The molecule has 510 valence electrons.